The first kappa shape index (κ1) is 32.2. The van der Waals surface area contributed by atoms with Crippen LogP contribution in [0, 0.1) is 17.7 Å². The van der Waals surface area contributed by atoms with E-state index in [1.807, 2.05) is 19.0 Å². The van der Waals surface area contributed by atoms with Crippen molar-refractivity contribution < 1.29 is 18.7 Å². The monoisotopic (exact) mass is 553 g/mol. The van der Waals surface area contributed by atoms with Crippen molar-refractivity contribution in [2.45, 2.75) is 32.2 Å². The van der Waals surface area contributed by atoms with Gasteiger partial charge < -0.3 is 30.5 Å². The van der Waals surface area contributed by atoms with Gasteiger partial charge in [-0.25, -0.2) is 9.37 Å². The van der Waals surface area contributed by atoms with Gasteiger partial charge >= 0.3 is 0 Å². The number of nitrogens with zero attached hydrogens (tertiary/aromatic N) is 4. The Labute approximate surface area is 236 Å². The molecule has 0 unspecified atom stereocenters. The highest BCUT2D eigenvalue weighted by Gasteiger charge is 2.20. The summed E-state index contributed by atoms with van der Waals surface area (Å²) in [5, 5.41) is 9.12. The Hall–Kier alpha value is -4.01. The predicted molar refractivity (Wildman–Crippen MR) is 156 cm³/mol. The lowest BCUT2D eigenvalue weighted by atomic mass is 10.2. The Morgan fingerprint density at radius 1 is 1.20 bits per heavy atom. The Morgan fingerprint density at radius 3 is 2.73 bits per heavy atom. The van der Waals surface area contributed by atoms with Gasteiger partial charge in [0.05, 0.1) is 11.8 Å². The van der Waals surface area contributed by atoms with Crippen molar-refractivity contribution in [3.05, 3.63) is 54.0 Å². The van der Waals surface area contributed by atoms with Crippen LogP contribution in [0.5, 0.6) is 0 Å². The second-order valence-electron chi connectivity index (χ2n) is 9.35. The molecule has 0 spiro atoms. The van der Waals surface area contributed by atoms with Crippen molar-refractivity contribution >= 4 is 29.3 Å². The standard InChI is InChI=1S/C29H40FN7O3/c1-22(37(4)26(38)15-10-18-36(2)3)28(39)32-16-8-6-7-12-23-21-33-29(34-25-14-9-13-24(30)20-25)35-27(23)31-17-11-19-40-5/h9-10,13-15,20-22H,6,8,11,16-19H2,1-5H3,(H,32,39)(H2,31,33,34,35)/t22-/m0/s1. The molecule has 1 atom stereocenters. The average molecular weight is 554 g/mol. The number of amides is 2. The highest BCUT2D eigenvalue weighted by molar-refractivity contribution is 5.92. The van der Waals surface area contributed by atoms with Crippen molar-refractivity contribution in [1.29, 1.82) is 0 Å². The fourth-order valence-corrected chi connectivity index (χ4v) is 3.33. The summed E-state index contributed by atoms with van der Waals surface area (Å²) in [5.41, 5.74) is 1.17. The molecule has 0 aliphatic carbocycles. The number of carbonyl (C=O) groups is 2. The molecule has 1 heterocycles. The molecule has 0 radical (unpaired) electrons. The van der Waals surface area contributed by atoms with Gasteiger partial charge in [0.15, 0.2) is 0 Å². The first-order valence-corrected chi connectivity index (χ1v) is 13.2. The van der Waals surface area contributed by atoms with Crippen LogP contribution in [-0.2, 0) is 14.3 Å². The lowest BCUT2D eigenvalue weighted by Crippen LogP contribution is -2.45. The molecule has 1 aromatic heterocycles. The number of nitrogens with one attached hydrogen (secondary N) is 3. The van der Waals surface area contributed by atoms with E-state index in [1.165, 1.54) is 23.1 Å². The van der Waals surface area contributed by atoms with Gasteiger partial charge in [0, 0.05) is 58.6 Å². The summed E-state index contributed by atoms with van der Waals surface area (Å²) in [6.45, 7) is 4.02. The van der Waals surface area contributed by atoms with Crippen molar-refractivity contribution in [2.24, 2.45) is 0 Å². The normalized spacial score (nSPS) is 11.6. The maximum Gasteiger partial charge on any atom is 0.246 e. The van der Waals surface area contributed by atoms with Crippen molar-refractivity contribution in [3.8, 4) is 11.8 Å². The lowest BCUT2D eigenvalue weighted by molar-refractivity contribution is -0.135. The SMILES string of the molecule is COCCCNc1nc(Nc2cccc(F)c2)ncc1C#CCCCNC(=O)[C@H](C)N(C)C(=O)C=CCN(C)C. The van der Waals surface area contributed by atoms with Crippen LogP contribution >= 0.6 is 0 Å². The zero-order valence-electron chi connectivity index (χ0n) is 24.0. The van der Waals surface area contributed by atoms with Crippen LogP contribution in [0.2, 0.25) is 0 Å². The number of halogens is 1. The van der Waals surface area contributed by atoms with Crippen LogP contribution in [-0.4, -0.2) is 92.1 Å². The quantitative estimate of drug-likeness (QED) is 0.175. The number of benzene rings is 1. The highest BCUT2D eigenvalue weighted by atomic mass is 19.1. The zero-order valence-corrected chi connectivity index (χ0v) is 24.0. The molecular weight excluding hydrogens is 513 g/mol. The van der Waals surface area contributed by atoms with Crippen LogP contribution in [0.1, 0.15) is 31.7 Å². The first-order chi connectivity index (χ1) is 19.2. The van der Waals surface area contributed by atoms with Crippen LogP contribution in [0.25, 0.3) is 0 Å². The largest absolute Gasteiger partial charge is 0.385 e. The third-order valence-corrected chi connectivity index (χ3v) is 5.73. The number of ether oxygens (including phenoxy) is 1. The maximum atomic E-state index is 13.5. The number of hydrogen-bond acceptors (Lipinski definition) is 8. The molecule has 2 aromatic rings. The number of unbranched alkanes of at least 4 members (excludes halogenated alkanes) is 1. The summed E-state index contributed by atoms with van der Waals surface area (Å²) < 4.78 is 18.6. The third kappa shape index (κ3) is 11.8. The second-order valence-corrected chi connectivity index (χ2v) is 9.35. The number of anilines is 3. The summed E-state index contributed by atoms with van der Waals surface area (Å²) in [7, 11) is 7.09. The van der Waals surface area contributed by atoms with Gasteiger partial charge in [-0.05, 0) is 52.1 Å². The van der Waals surface area contributed by atoms with Crippen LogP contribution in [0.15, 0.2) is 42.6 Å². The topological polar surface area (TPSA) is 112 Å². The third-order valence-electron chi connectivity index (χ3n) is 5.73. The van der Waals surface area contributed by atoms with Gasteiger partial charge in [0.2, 0.25) is 17.8 Å². The molecule has 0 aliphatic heterocycles. The molecule has 40 heavy (non-hydrogen) atoms. The van der Waals surface area contributed by atoms with E-state index in [2.05, 4.69) is 37.8 Å². The number of carbonyl (C=O) groups excluding carboxylic acids is 2. The summed E-state index contributed by atoms with van der Waals surface area (Å²) in [6, 6.07) is 5.47. The smallest absolute Gasteiger partial charge is 0.246 e. The molecule has 2 amide bonds. The van der Waals surface area contributed by atoms with Gasteiger partial charge in [-0.1, -0.05) is 24.0 Å². The Bertz CT molecular complexity index is 1190. The fourth-order valence-electron chi connectivity index (χ4n) is 3.33. The van der Waals surface area contributed by atoms with E-state index in [0.29, 0.717) is 62.1 Å². The molecule has 3 N–H and O–H groups in total. The van der Waals surface area contributed by atoms with Gasteiger partial charge in [-0.2, -0.15) is 4.98 Å². The minimum atomic E-state index is -0.592. The maximum absolute atomic E-state index is 13.5. The number of aromatic nitrogens is 2. The molecule has 1 aromatic carbocycles. The molecule has 2 rings (SSSR count). The highest BCUT2D eigenvalue weighted by Crippen LogP contribution is 2.18. The fraction of sp³-hybridized carbons (Fsp3) is 0.448. The van der Waals surface area contributed by atoms with Gasteiger partial charge in [-0.15, -0.1) is 0 Å². The summed E-state index contributed by atoms with van der Waals surface area (Å²) >= 11 is 0. The molecule has 216 valence electrons. The lowest BCUT2D eigenvalue weighted by Gasteiger charge is -2.23. The minimum Gasteiger partial charge on any atom is -0.385 e. The Kier molecular flexibility index (Phi) is 14.1. The summed E-state index contributed by atoms with van der Waals surface area (Å²) in [6.07, 6.45) is 6.83. The van der Waals surface area contributed by atoms with Gasteiger partial charge in [0.25, 0.3) is 0 Å². The van der Waals surface area contributed by atoms with E-state index < -0.39 is 6.04 Å². The number of hydrogen-bond donors (Lipinski definition) is 3. The van der Waals surface area contributed by atoms with Crippen LogP contribution in [0.4, 0.5) is 21.8 Å². The zero-order chi connectivity index (χ0) is 29.3. The van der Waals surface area contributed by atoms with E-state index in [0.717, 1.165) is 6.42 Å². The average Bonchev–Trinajstić information content (AvgIpc) is 2.92. The molecule has 0 saturated carbocycles. The van der Waals surface area contributed by atoms with E-state index in [4.69, 9.17) is 4.74 Å². The molecular formula is C29H40FN7O3. The number of likely N-dealkylation sites (N-methyl/N-ethyl adjacent to an activating group) is 2. The second kappa shape index (κ2) is 17.6. The van der Waals surface area contributed by atoms with E-state index in [1.54, 1.807) is 45.5 Å². The van der Waals surface area contributed by atoms with E-state index in [9.17, 15) is 14.0 Å². The first-order valence-electron chi connectivity index (χ1n) is 13.2. The molecule has 0 fully saturated rings. The van der Waals surface area contributed by atoms with Gasteiger partial charge in [0.1, 0.15) is 17.7 Å². The summed E-state index contributed by atoms with van der Waals surface area (Å²) in [4.78, 5) is 36.9. The van der Waals surface area contributed by atoms with Crippen molar-refractivity contribution in [2.75, 3.05) is 65.1 Å². The molecule has 11 heteroatoms. The summed E-state index contributed by atoms with van der Waals surface area (Å²) in [5.74, 6) is 6.28. The molecule has 10 nitrogen and oxygen atoms in total. The number of rotatable bonds is 15. The van der Waals surface area contributed by atoms with Crippen molar-refractivity contribution in [1.82, 2.24) is 25.1 Å². The van der Waals surface area contributed by atoms with E-state index >= 15 is 0 Å². The predicted octanol–water partition coefficient (Wildman–Crippen LogP) is 3.02. The Balaban J connectivity index is 1.90. The molecule has 0 aliphatic rings. The minimum absolute atomic E-state index is 0.220. The molecule has 0 bridgehead atoms. The van der Waals surface area contributed by atoms with Crippen LogP contribution in [0.3, 0.4) is 0 Å². The molecule has 0 saturated heterocycles. The van der Waals surface area contributed by atoms with E-state index in [-0.39, 0.29) is 17.6 Å². The Morgan fingerprint density at radius 2 is 2.00 bits per heavy atom. The number of methoxy groups -OCH3 is 1. The van der Waals surface area contributed by atoms with Crippen LogP contribution < -0.4 is 16.0 Å². The van der Waals surface area contributed by atoms with Gasteiger partial charge in [-0.3, -0.25) is 9.59 Å². The van der Waals surface area contributed by atoms with Crippen molar-refractivity contribution in [3.63, 3.8) is 0 Å².